The van der Waals surface area contributed by atoms with E-state index in [9.17, 15) is 14.7 Å². The molecule has 176 valence electrons. The lowest BCUT2D eigenvalue weighted by Crippen LogP contribution is -2.43. The number of hydrogen-bond acceptors (Lipinski definition) is 6. The Hall–Kier alpha value is -2.51. The molecule has 7 nitrogen and oxygen atoms in total. The van der Waals surface area contributed by atoms with Crippen molar-refractivity contribution in [2.24, 2.45) is 5.10 Å². The Morgan fingerprint density at radius 2 is 1.53 bits per heavy atom. The quantitative estimate of drug-likeness (QED) is 0.152. The maximum absolute atomic E-state index is 13.1. The molecular formula is C25H22I2N2O5. The Morgan fingerprint density at radius 1 is 1.00 bits per heavy atom. The summed E-state index contributed by atoms with van der Waals surface area (Å²) in [6, 6.07) is 21.0. The summed E-state index contributed by atoms with van der Waals surface area (Å²) in [6.07, 6.45) is 1.48. The molecule has 0 fully saturated rings. The minimum atomic E-state index is -1.91. The minimum absolute atomic E-state index is 0.180. The van der Waals surface area contributed by atoms with Gasteiger partial charge in [-0.25, -0.2) is 10.2 Å². The van der Waals surface area contributed by atoms with Gasteiger partial charge in [-0.3, -0.25) is 4.79 Å². The van der Waals surface area contributed by atoms with Gasteiger partial charge in [0.1, 0.15) is 5.75 Å². The Kier molecular flexibility index (Phi) is 9.42. The highest BCUT2D eigenvalue weighted by molar-refractivity contribution is 14.1. The number of rotatable bonds is 9. The number of esters is 1. The molecule has 0 aliphatic carbocycles. The lowest BCUT2D eigenvalue weighted by atomic mass is 9.85. The third-order valence-corrected chi connectivity index (χ3v) is 6.35. The van der Waals surface area contributed by atoms with E-state index in [1.807, 2.05) is 12.1 Å². The molecule has 0 heterocycles. The first kappa shape index (κ1) is 26.1. The molecule has 3 aromatic rings. The molecule has 0 unspecified atom stereocenters. The molecule has 3 rings (SSSR count). The van der Waals surface area contributed by atoms with Gasteiger partial charge in [-0.15, -0.1) is 0 Å². The van der Waals surface area contributed by atoms with Gasteiger partial charge in [-0.05, 0) is 80.9 Å². The molecule has 0 spiro atoms. The molecule has 0 bridgehead atoms. The molecule has 3 aromatic carbocycles. The maximum atomic E-state index is 13.1. The second-order valence-electron chi connectivity index (χ2n) is 7.05. The van der Waals surface area contributed by atoms with Crippen LogP contribution < -0.4 is 10.2 Å². The summed E-state index contributed by atoms with van der Waals surface area (Å²) in [5, 5.41) is 15.5. The van der Waals surface area contributed by atoms with E-state index in [0.29, 0.717) is 29.0 Å². The Labute approximate surface area is 224 Å². The maximum Gasteiger partial charge on any atom is 0.344 e. The van der Waals surface area contributed by atoms with Crippen molar-refractivity contribution in [2.45, 2.75) is 12.5 Å². The molecule has 2 N–H and O–H groups in total. The summed E-state index contributed by atoms with van der Waals surface area (Å²) < 4.78 is 12.0. The fraction of sp³-hybridized carbons (Fsp3) is 0.160. The molecule has 0 saturated heterocycles. The highest BCUT2D eigenvalue weighted by Gasteiger charge is 2.39. The molecule has 0 radical (unpaired) electrons. The van der Waals surface area contributed by atoms with E-state index in [2.05, 4.69) is 55.7 Å². The van der Waals surface area contributed by atoms with Crippen molar-refractivity contribution in [3.63, 3.8) is 0 Å². The van der Waals surface area contributed by atoms with Crippen LogP contribution in [0.3, 0.4) is 0 Å². The highest BCUT2D eigenvalue weighted by atomic mass is 127. The molecule has 1 amide bonds. The van der Waals surface area contributed by atoms with Crippen LogP contribution in [0.25, 0.3) is 0 Å². The first-order valence-electron chi connectivity index (χ1n) is 10.3. The SMILES string of the molecule is CCOC(=O)COc1c(I)cc(/C=N/NC(=O)C(O)(c2ccccc2)c2ccccc2)cc1I. The second kappa shape index (κ2) is 12.3. The van der Waals surface area contributed by atoms with E-state index in [1.165, 1.54) is 6.21 Å². The number of nitrogens with one attached hydrogen (secondary N) is 1. The van der Waals surface area contributed by atoms with Crippen molar-refractivity contribution in [3.05, 3.63) is 96.6 Å². The van der Waals surface area contributed by atoms with Gasteiger partial charge in [0, 0.05) is 0 Å². The first-order chi connectivity index (χ1) is 16.4. The van der Waals surface area contributed by atoms with Gasteiger partial charge in [-0.2, -0.15) is 5.10 Å². The molecule has 0 aliphatic rings. The average Bonchev–Trinajstić information content (AvgIpc) is 2.84. The van der Waals surface area contributed by atoms with Crippen LogP contribution in [-0.4, -0.2) is 36.4 Å². The number of carbonyl (C=O) groups excluding carboxylic acids is 2. The second-order valence-corrected chi connectivity index (χ2v) is 9.37. The lowest BCUT2D eigenvalue weighted by Gasteiger charge is -2.27. The zero-order valence-electron chi connectivity index (χ0n) is 18.2. The van der Waals surface area contributed by atoms with Crippen LogP contribution in [-0.2, 0) is 19.9 Å². The third-order valence-electron chi connectivity index (χ3n) is 4.75. The van der Waals surface area contributed by atoms with Crippen molar-refractivity contribution < 1.29 is 24.2 Å². The summed E-state index contributed by atoms with van der Waals surface area (Å²) in [4.78, 5) is 24.7. The normalized spacial score (nSPS) is 11.3. The van der Waals surface area contributed by atoms with Gasteiger partial charge in [0.25, 0.3) is 5.91 Å². The topological polar surface area (TPSA) is 97.2 Å². The molecule has 34 heavy (non-hydrogen) atoms. The number of ether oxygens (including phenoxy) is 2. The average molecular weight is 684 g/mol. The van der Waals surface area contributed by atoms with Gasteiger partial charge in [0.15, 0.2) is 12.2 Å². The van der Waals surface area contributed by atoms with E-state index in [0.717, 1.165) is 7.14 Å². The minimum Gasteiger partial charge on any atom is -0.480 e. The Balaban J connectivity index is 1.77. The van der Waals surface area contributed by atoms with Crippen LogP contribution in [0, 0.1) is 7.14 Å². The van der Waals surface area contributed by atoms with Crippen LogP contribution in [0.1, 0.15) is 23.6 Å². The van der Waals surface area contributed by atoms with Crippen LogP contribution in [0.5, 0.6) is 5.75 Å². The predicted octanol–water partition coefficient (Wildman–Crippen LogP) is 4.22. The van der Waals surface area contributed by atoms with Gasteiger partial charge < -0.3 is 14.6 Å². The van der Waals surface area contributed by atoms with Gasteiger partial charge in [0.2, 0.25) is 0 Å². The number of hydrazone groups is 1. The van der Waals surface area contributed by atoms with Crippen LogP contribution in [0.4, 0.5) is 0 Å². The van der Waals surface area contributed by atoms with E-state index < -0.39 is 17.5 Å². The fourth-order valence-corrected chi connectivity index (χ4v) is 5.29. The summed E-state index contributed by atoms with van der Waals surface area (Å²) in [7, 11) is 0. The number of nitrogens with zero attached hydrogens (tertiary/aromatic N) is 1. The zero-order valence-corrected chi connectivity index (χ0v) is 22.5. The first-order valence-corrected chi connectivity index (χ1v) is 12.5. The number of benzene rings is 3. The summed E-state index contributed by atoms with van der Waals surface area (Å²) in [5.74, 6) is -0.551. The highest BCUT2D eigenvalue weighted by Crippen LogP contribution is 2.30. The van der Waals surface area contributed by atoms with E-state index >= 15 is 0 Å². The Morgan fingerprint density at radius 3 is 2.03 bits per heavy atom. The number of aliphatic hydroxyl groups is 1. The predicted molar refractivity (Wildman–Crippen MR) is 146 cm³/mol. The Bertz CT molecular complexity index is 1110. The molecule has 0 saturated carbocycles. The standard InChI is InChI=1S/C25H22I2N2O5/c1-2-33-22(30)16-34-23-20(26)13-17(14-21(23)27)15-28-29-24(31)25(32,18-9-5-3-6-10-18)19-11-7-4-8-12-19/h3-15,32H,2,16H2,1H3,(H,29,31)/b28-15+. The van der Waals surface area contributed by atoms with Crippen molar-refractivity contribution in [1.82, 2.24) is 5.43 Å². The summed E-state index contributed by atoms with van der Waals surface area (Å²) in [5.41, 5.74) is 2.12. The lowest BCUT2D eigenvalue weighted by molar-refractivity contribution is -0.145. The number of halogens is 2. The van der Waals surface area contributed by atoms with Gasteiger partial charge in [0.05, 0.1) is 20.0 Å². The van der Waals surface area contributed by atoms with Gasteiger partial charge >= 0.3 is 5.97 Å². The van der Waals surface area contributed by atoms with Crippen LogP contribution >= 0.6 is 45.2 Å². The molecule has 9 heteroatoms. The van der Waals surface area contributed by atoms with Crippen molar-refractivity contribution in [2.75, 3.05) is 13.2 Å². The van der Waals surface area contributed by atoms with Crippen LogP contribution in [0.15, 0.2) is 77.9 Å². The van der Waals surface area contributed by atoms with E-state index in [-0.39, 0.29) is 6.61 Å². The van der Waals surface area contributed by atoms with Crippen LogP contribution in [0.2, 0.25) is 0 Å². The van der Waals surface area contributed by atoms with E-state index in [4.69, 9.17) is 9.47 Å². The molecule has 0 atom stereocenters. The largest absolute Gasteiger partial charge is 0.480 e. The third kappa shape index (κ3) is 6.33. The monoisotopic (exact) mass is 684 g/mol. The smallest absolute Gasteiger partial charge is 0.344 e. The van der Waals surface area contributed by atoms with Gasteiger partial charge in [-0.1, -0.05) is 60.7 Å². The fourth-order valence-electron chi connectivity index (χ4n) is 3.16. The summed E-state index contributed by atoms with van der Waals surface area (Å²) in [6.45, 7) is 1.85. The van der Waals surface area contributed by atoms with Crippen molar-refractivity contribution in [3.8, 4) is 5.75 Å². The van der Waals surface area contributed by atoms with Crippen molar-refractivity contribution >= 4 is 63.3 Å². The number of hydrogen-bond donors (Lipinski definition) is 2. The van der Waals surface area contributed by atoms with E-state index in [1.54, 1.807) is 67.6 Å². The number of carbonyl (C=O) groups is 2. The molecule has 0 aliphatic heterocycles. The van der Waals surface area contributed by atoms with Crippen molar-refractivity contribution in [1.29, 1.82) is 0 Å². The summed E-state index contributed by atoms with van der Waals surface area (Å²) >= 11 is 4.20. The molecular weight excluding hydrogens is 662 g/mol. The number of amides is 1. The molecule has 0 aromatic heterocycles. The zero-order chi connectivity index (χ0) is 24.6.